The molecule has 0 saturated carbocycles. The number of hydrogen-bond donors (Lipinski definition) is 0. The molecular weight excluding hydrogens is 352 g/mol. The summed E-state index contributed by atoms with van der Waals surface area (Å²) in [6.45, 7) is 3.94. The molecule has 0 bridgehead atoms. The number of piperidine rings is 1. The first kappa shape index (κ1) is 18.4. The number of hydrogen-bond acceptors (Lipinski definition) is 4. The summed E-state index contributed by atoms with van der Waals surface area (Å²) in [7, 11) is 0. The number of ether oxygens (including phenoxy) is 1. The number of carbonyl (C=O) groups is 1. The Morgan fingerprint density at radius 2 is 1.82 bits per heavy atom. The maximum Gasteiger partial charge on any atom is 0.293 e. The first-order valence-corrected chi connectivity index (χ1v) is 9.75. The van der Waals surface area contributed by atoms with E-state index in [0.29, 0.717) is 25.5 Å². The van der Waals surface area contributed by atoms with Gasteiger partial charge in [0.2, 0.25) is 5.82 Å². The molecule has 1 atom stereocenters. The topological polar surface area (TPSA) is 60.2 Å². The van der Waals surface area contributed by atoms with E-state index in [-0.39, 0.29) is 17.8 Å². The van der Waals surface area contributed by atoms with Gasteiger partial charge in [-0.1, -0.05) is 48.5 Å². The summed E-state index contributed by atoms with van der Waals surface area (Å²) in [6.07, 6.45) is 2.01. The van der Waals surface area contributed by atoms with Crippen LogP contribution < -0.4 is 0 Å². The Hall–Kier alpha value is -2.99. The maximum absolute atomic E-state index is 13.1. The van der Waals surface area contributed by atoms with Crippen molar-refractivity contribution in [2.45, 2.75) is 25.9 Å². The van der Waals surface area contributed by atoms with E-state index in [2.05, 4.69) is 10.1 Å². The molecule has 0 spiro atoms. The van der Waals surface area contributed by atoms with Crippen LogP contribution in [0.4, 0.5) is 0 Å². The minimum atomic E-state index is -0.142. The molecule has 2 aromatic carbocycles. The van der Waals surface area contributed by atoms with Crippen molar-refractivity contribution in [2.24, 2.45) is 0 Å². The van der Waals surface area contributed by atoms with E-state index >= 15 is 0 Å². The average molecular weight is 376 g/mol. The summed E-state index contributed by atoms with van der Waals surface area (Å²) in [5, 5.41) is 4.58. The molecule has 2 heterocycles. The second-order valence-electron chi connectivity index (χ2n) is 6.84. The van der Waals surface area contributed by atoms with Crippen LogP contribution >= 0.6 is 0 Å². The minimum Gasteiger partial charge on any atom is -0.377 e. The quantitative estimate of drug-likeness (QED) is 0.683. The Bertz CT molecular complexity index is 865. The van der Waals surface area contributed by atoms with Gasteiger partial charge in [-0.3, -0.25) is 4.79 Å². The smallest absolute Gasteiger partial charge is 0.293 e. The second-order valence-corrected chi connectivity index (χ2v) is 6.84. The number of carbonyl (C=O) groups excluding carboxylic acids is 1. The van der Waals surface area contributed by atoms with Crippen LogP contribution in [0.1, 0.15) is 30.4 Å². The van der Waals surface area contributed by atoms with Gasteiger partial charge in [-0.2, -0.15) is 0 Å². The normalized spacial score (nSPS) is 16.9. The van der Waals surface area contributed by atoms with Crippen molar-refractivity contribution < 1.29 is 9.53 Å². The predicted molar refractivity (Wildman–Crippen MR) is 107 cm³/mol. The van der Waals surface area contributed by atoms with Gasteiger partial charge in [-0.25, -0.2) is 9.67 Å². The molecule has 0 aliphatic carbocycles. The van der Waals surface area contributed by atoms with Crippen LogP contribution in [0.15, 0.2) is 60.7 Å². The van der Waals surface area contributed by atoms with Crippen molar-refractivity contribution in [3.8, 4) is 17.1 Å². The predicted octanol–water partition coefficient (Wildman–Crippen LogP) is 3.58. The number of nitrogens with zero attached hydrogens (tertiary/aromatic N) is 4. The SMILES string of the molecule is CCOC1CCCN(C(=O)c2nc(-c3ccccc3)n(-c3ccccc3)n2)C1. The molecule has 1 amide bonds. The lowest BCUT2D eigenvalue weighted by Gasteiger charge is -2.31. The van der Waals surface area contributed by atoms with Crippen molar-refractivity contribution in [3.05, 3.63) is 66.5 Å². The Labute approximate surface area is 164 Å². The van der Waals surface area contributed by atoms with Gasteiger partial charge in [0.25, 0.3) is 5.91 Å². The number of benzene rings is 2. The highest BCUT2D eigenvalue weighted by Gasteiger charge is 2.28. The molecule has 0 radical (unpaired) electrons. The van der Waals surface area contributed by atoms with E-state index in [1.807, 2.05) is 72.5 Å². The van der Waals surface area contributed by atoms with Gasteiger partial charge in [-0.15, -0.1) is 5.10 Å². The Morgan fingerprint density at radius 1 is 1.11 bits per heavy atom. The van der Waals surface area contributed by atoms with Gasteiger partial charge in [0.1, 0.15) is 0 Å². The third kappa shape index (κ3) is 3.82. The maximum atomic E-state index is 13.1. The standard InChI is InChI=1S/C22H24N4O2/c1-2-28-19-14-9-15-25(16-19)22(27)20-23-21(17-10-5-3-6-11-17)26(24-20)18-12-7-4-8-13-18/h3-8,10-13,19H,2,9,14-16H2,1H3. The summed E-state index contributed by atoms with van der Waals surface area (Å²) in [5.74, 6) is 0.740. The molecule has 28 heavy (non-hydrogen) atoms. The van der Waals surface area contributed by atoms with Crippen LogP contribution in [-0.4, -0.2) is 51.4 Å². The Kier molecular flexibility index (Phi) is 5.48. The highest BCUT2D eigenvalue weighted by molar-refractivity contribution is 5.91. The third-order valence-corrected chi connectivity index (χ3v) is 4.90. The molecule has 3 aromatic rings. The zero-order valence-electron chi connectivity index (χ0n) is 16.0. The molecule has 1 saturated heterocycles. The number of aromatic nitrogens is 3. The number of amides is 1. The summed E-state index contributed by atoms with van der Waals surface area (Å²) < 4.78 is 7.47. The molecule has 6 nitrogen and oxygen atoms in total. The molecule has 1 aliphatic rings. The molecule has 1 aromatic heterocycles. The zero-order chi connectivity index (χ0) is 19.3. The lowest BCUT2D eigenvalue weighted by Crippen LogP contribution is -2.43. The lowest BCUT2D eigenvalue weighted by molar-refractivity contribution is 0.00681. The fraction of sp³-hybridized carbons (Fsp3) is 0.318. The average Bonchev–Trinajstić information content (AvgIpc) is 3.20. The van der Waals surface area contributed by atoms with Crippen LogP contribution in [0.5, 0.6) is 0 Å². The van der Waals surface area contributed by atoms with Crippen molar-refractivity contribution >= 4 is 5.91 Å². The first-order chi connectivity index (χ1) is 13.8. The van der Waals surface area contributed by atoms with E-state index in [0.717, 1.165) is 24.1 Å². The summed E-state index contributed by atoms with van der Waals surface area (Å²) >= 11 is 0. The van der Waals surface area contributed by atoms with Gasteiger partial charge < -0.3 is 9.64 Å². The van der Waals surface area contributed by atoms with Gasteiger partial charge in [0.05, 0.1) is 11.8 Å². The third-order valence-electron chi connectivity index (χ3n) is 4.90. The Morgan fingerprint density at radius 3 is 2.54 bits per heavy atom. The summed E-state index contributed by atoms with van der Waals surface area (Å²) in [4.78, 5) is 19.5. The molecule has 1 unspecified atom stereocenters. The summed E-state index contributed by atoms with van der Waals surface area (Å²) in [5.41, 5.74) is 1.79. The van der Waals surface area contributed by atoms with Gasteiger partial charge in [0, 0.05) is 25.3 Å². The van der Waals surface area contributed by atoms with Crippen LogP contribution in [0.25, 0.3) is 17.1 Å². The van der Waals surface area contributed by atoms with Gasteiger partial charge >= 0.3 is 0 Å². The van der Waals surface area contributed by atoms with E-state index in [1.54, 1.807) is 4.68 Å². The zero-order valence-corrected chi connectivity index (χ0v) is 16.0. The molecule has 144 valence electrons. The monoisotopic (exact) mass is 376 g/mol. The first-order valence-electron chi connectivity index (χ1n) is 9.75. The van der Waals surface area contributed by atoms with Crippen LogP contribution in [0.2, 0.25) is 0 Å². The van der Waals surface area contributed by atoms with Crippen molar-refractivity contribution in [1.29, 1.82) is 0 Å². The van der Waals surface area contributed by atoms with Crippen LogP contribution in [0, 0.1) is 0 Å². The molecular formula is C22H24N4O2. The molecule has 1 aliphatic heterocycles. The summed E-state index contributed by atoms with van der Waals surface area (Å²) in [6, 6.07) is 19.6. The Balaban J connectivity index is 1.68. The second kappa shape index (κ2) is 8.35. The molecule has 1 fully saturated rings. The number of para-hydroxylation sites is 1. The highest BCUT2D eigenvalue weighted by Crippen LogP contribution is 2.22. The minimum absolute atomic E-state index is 0.0903. The fourth-order valence-electron chi connectivity index (χ4n) is 3.56. The molecule has 0 N–H and O–H groups in total. The lowest BCUT2D eigenvalue weighted by atomic mass is 10.1. The van der Waals surface area contributed by atoms with E-state index in [4.69, 9.17) is 4.74 Å². The van der Waals surface area contributed by atoms with E-state index in [1.165, 1.54) is 0 Å². The van der Waals surface area contributed by atoms with Gasteiger partial charge in [0.15, 0.2) is 5.82 Å². The van der Waals surface area contributed by atoms with Crippen molar-refractivity contribution in [2.75, 3.05) is 19.7 Å². The van der Waals surface area contributed by atoms with Gasteiger partial charge in [-0.05, 0) is 31.9 Å². The van der Waals surface area contributed by atoms with Crippen LogP contribution in [0.3, 0.4) is 0 Å². The largest absolute Gasteiger partial charge is 0.377 e. The van der Waals surface area contributed by atoms with E-state index < -0.39 is 0 Å². The highest BCUT2D eigenvalue weighted by atomic mass is 16.5. The van der Waals surface area contributed by atoms with Crippen LogP contribution in [-0.2, 0) is 4.74 Å². The molecule has 6 heteroatoms. The molecule has 4 rings (SSSR count). The van der Waals surface area contributed by atoms with E-state index in [9.17, 15) is 4.79 Å². The van der Waals surface area contributed by atoms with Crippen molar-refractivity contribution in [1.82, 2.24) is 19.7 Å². The van der Waals surface area contributed by atoms with Crippen molar-refractivity contribution in [3.63, 3.8) is 0 Å². The number of rotatable bonds is 5. The number of likely N-dealkylation sites (tertiary alicyclic amines) is 1. The fourth-order valence-corrected chi connectivity index (χ4v) is 3.56.